The maximum atomic E-state index is 11.2. The van der Waals surface area contributed by atoms with E-state index in [2.05, 4.69) is 5.32 Å². The fraction of sp³-hybridized carbons (Fsp3) is 0.250. The zero-order valence-corrected chi connectivity index (χ0v) is 8.36. The van der Waals surface area contributed by atoms with E-state index >= 15 is 0 Å². The fourth-order valence-electron chi connectivity index (χ4n) is 1.07. The van der Waals surface area contributed by atoms with Crippen LogP contribution in [0.1, 0.15) is 18.9 Å². The van der Waals surface area contributed by atoms with Crippen molar-refractivity contribution in [1.29, 1.82) is 0 Å². The second kappa shape index (κ2) is 5.97. The Hall–Kier alpha value is -1.57. The molecule has 0 atom stereocenters. The lowest BCUT2D eigenvalue weighted by molar-refractivity contribution is -0.116. The lowest BCUT2D eigenvalue weighted by Gasteiger charge is -2.01. The highest BCUT2D eigenvalue weighted by atomic mass is 16.1. The van der Waals surface area contributed by atoms with Gasteiger partial charge in [0, 0.05) is 6.54 Å². The molecule has 0 aliphatic rings. The zero-order chi connectivity index (χ0) is 10.2. The van der Waals surface area contributed by atoms with Crippen LogP contribution in [-0.2, 0) is 11.3 Å². The Kier molecular flexibility index (Phi) is 4.48. The van der Waals surface area contributed by atoms with Crippen molar-refractivity contribution in [3.8, 4) is 0 Å². The van der Waals surface area contributed by atoms with Crippen LogP contribution in [0.15, 0.2) is 42.5 Å². The SMILES string of the molecule is CCC=CC(=O)NCc1ccccc1. The second-order valence-corrected chi connectivity index (χ2v) is 3.01. The predicted octanol–water partition coefficient (Wildman–Crippen LogP) is 2.27. The molecule has 1 rings (SSSR count). The number of hydrogen-bond acceptors (Lipinski definition) is 1. The highest BCUT2D eigenvalue weighted by Gasteiger charge is 1.94. The minimum absolute atomic E-state index is 0.0318. The van der Waals surface area contributed by atoms with E-state index in [-0.39, 0.29) is 5.91 Å². The van der Waals surface area contributed by atoms with Crippen LogP contribution in [0.3, 0.4) is 0 Å². The molecule has 2 nitrogen and oxygen atoms in total. The third-order valence-corrected chi connectivity index (χ3v) is 1.81. The number of rotatable bonds is 4. The normalized spacial score (nSPS) is 10.4. The van der Waals surface area contributed by atoms with E-state index in [9.17, 15) is 4.79 Å². The molecule has 2 heteroatoms. The minimum Gasteiger partial charge on any atom is -0.348 e. The fourth-order valence-corrected chi connectivity index (χ4v) is 1.07. The van der Waals surface area contributed by atoms with Crippen LogP contribution < -0.4 is 5.32 Å². The van der Waals surface area contributed by atoms with Crippen LogP contribution in [0.5, 0.6) is 0 Å². The standard InChI is InChI=1S/C12H15NO/c1-2-3-9-12(14)13-10-11-7-5-4-6-8-11/h3-9H,2,10H2,1H3,(H,13,14). The number of carbonyl (C=O) groups excluding carboxylic acids is 1. The number of benzene rings is 1. The van der Waals surface area contributed by atoms with Crippen LogP contribution in [0.2, 0.25) is 0 Å². The number of nitrogens with one attached hydrogen (secondary N) is 1. The summed E-state index contributed by atoms with van der Waals surface area (Å²) in [6.07, 6.45) is 4.31. The maximum Gasteiger partial charge on any atom is 0.243 e. The number of allylic oxidation sites excluding steroid dienone is 1. The maximum absolute atomic E-state index is 11.2. The molecule has 1 aromatic rings. The first-order valence-electron chi connectivity index (χ1n) is 4.81. The Bertz CT molecular complexity index is 303. The minimum atomic E-state index is -0.0318. The van der Waals surface area contributed by atoms with E-state index in [4.69, 9.17) is 0 Å². The van der Waals surface area contributed by atoms with Gasteiger partial charge in [-0.05, 0) is 18.1 Å². The molecule has 0 spiro atoms. The van der Waals surface area contributed by atoms with Gasteiger partial charge in [-0.15, -0.1) is 0 Å². The highest BCUT2D eigenvalue weighted by molar-refractivity contribution is 5.87. The van der Waals surface area contributed by atoms with Crippen LogP contribution in [-0.4, -0.2) is 5.91 Å². The first-order chi connectivity index (χ1) is 6.83. The lowest BCUT2D eigenvalue weighted by Crippen LogP contribution is -2.20. The van der Waals surface area contributed by atoms with Crippen molar-refractivity contribution in [2.75, 3.05) is 0 Å². The Morgan fingerprint density at radius 3 is 2.71 bits per heavy atom. The third kappa shape index (κ3) is 3.90. The molecule has 0 heterocycles. The molecule has 0 unspecified atom stereocenters. The van der Waals surface area contributed by atoms with E-state index < -0.39 is 0 Å². The molecular formula is C12H15NO. The number of amides is 1. The molecule has 0 saturated carbocycles. The number of hydrogen-bond donors (Lipinski definition) is 1. The van der Waals surface area contributed by atoms with E-state index in [1.54, 1.807) is 6.08 Å². The van der Waals surface area contributed by atoms with Gasteiger partial charge in [0.2, 0.25) is 5.91 Å². The lowest BCUT2D eigenvalue weighted by atomic mass is 10.2. The van der Waals surface area contributed by atoms with Crippen LogP contribution in [0.25, 0.3) is 0 Å². The van der Waals surface area contributed by atoms with E-state index in [0.29, 0.717) is 6.54 Å². The van der Waals surface area contributed by atoms with Gasteiger partial charge in [-0.25, -0.2) is 0 Å². The van der Waals surface area contributed by atoms with Crippen LogP contribution in [0.4, 0.5) is 0 Å². The van der Waals surface area contributed by atoms with Gasteiger partial charge in [-0.2, -0.15) is 0 Å². The highest BCUT2D eigenvalue weighted by Crippen LogP contribution is 1.96. The Morgan fingerprint density at radius 1 is 1.36 bits per heavy atom. The van der Waals surface area contributed by atoms with Crippen LogP contribution >= 0.6 is 0 Å². The first kappa shape index (κ1) is 10.5. The monoisotopic (exact) mass is 189 g/mol. The molecule has 1 aromatic carbocycles. The molecular weight excluding hydrogens is 174 g/mol. The summed E-state index contributed by atoms with van der Waals surface area (Å²) in [5.41, 5.74) is 1.12. The quantitative estimate of drug-likeness (QED) is 0.723. The summed E-state index contributed by atoms with van der Waals surface area (Å²) in [5.74, 6) is -0.0318. The van der Waals surface area contributed by atoms with Crippen molar-refractivity contribution in [3.05, 3.63) is 48.0 Å². The summed E-state index contributed by atoms with van der Waals surface area (Å²) in [6, 6.07) is 9.86. The number of carbonyl (C=O) groups is 1. The molecule has 74 valence electrons. The largest absolute Gasteiger partial charge is 0.348 e. The molecule has 0 radical (unpaired) electrons. The van der Waals surface area contributed by atoms with Crippen LogP contribution in [0, 0.1) is 0 Å². The van der Waals surface area contributed by atoms with Crippen molar-refractivity contribution in [1.82, 2.24) is 5.32 Å². The Morgan fingerprint density at radius 2 is 2.07 bits per heavy atom. The van der Waals surface area contributed by atoms with Gasteiger partial charge < -0.3 is 5.32 Å². The summed E-state index contributed by atoms with van der Waals surface area (Å²) in [4.78, 5) is 11.2. The average molecular weight is 189 g/mol. The molecule has 0 fully saturated rings. The van der Waals surface area contributed by atoms with Crippen molar-refractivity contribution in [2.24, 2.45) is 0 Å². The second-order valence-electron chi connectivity index (χ2n) is 3.01. The topological polar surface area (TPSA) is 29.1 Å². The molecule has 0 aromatic heterocycles. The third-order valence-electron chi connectivity index (χ3n) is 1.81. The molecule has 0 aliphatic carbocycles. The van der Waals surface area contributed by atoms with Gasteiger partial charge in [-0.1, -0.05) is 43.3 Å². The molecule has 0 aliphatic heterocycles. The molecule has 0 bridgehead atoms. The molecule has 0 saturated heterocycles. The predicted molar refractivity (Wildman–Crippen MR) is 57.7 cm³/mol. The summed E-state index contributed by atoms with van der Waals surface area (Å²) in [7, 11) is 0. The first-order valence-corrected chi connectivity index (χ1v) is 4.81. The smallest absolute Gasteiger partial charge is 0.243 e. The van der Waals surface area contributed by atoms with Crippen molar-refractivity contribution < 1.29 is 4.79 Å². The van der Waals surface area contributed by atoms with Gasteiger partial charge >= 0.3 is 0 Å². The summed E-state index contributed by atoms with van der Waals surface area (Å²) < 4.78 is 0. The van der Waals surface area contributed by atoms with Crippen molar-refractivity contribution >= 4 is 5.91 Å². The van der Waals surface area contributed by atoms with Gasteiger partial charge in [0.15, 0.2) is 0 Å². The summed E-state index contributed by atoms with van der Waals surface area (Å²) in [5, 5.41) is 2.81. The summed E-state index contributed by atoms with van der Waals surface area (Å²) in [6.45, 7) is 2.59. The zero-order valence-electron chi connectivity index (χ0n) is 8.36. The molecule has 14 heavy (non-hydrogen) atoms. The Balaban J connectivity index is 2.34. The Labute approximate surface area is 84.6 Å². The van der Waals surface area contributed by atoms with Gasteiger partial charge in [-0.3, -0.25) is 4.79 Å². The van der Waals surface area contributed by atoms with Gasteiger partial charge in [0.05, 0.1) is 0 Å². The summed E-state index contributed by atoms with van der Waals surface area (Å²) >= 11 is 0. The van der Waals surface area contributed by atoms with E-state index in [1.807, 2.05) is 43.3 Å². The van der Waals surface area contributed by atoms with Crippen molar-refractivity contribution in [2.45, 2.75) is 19.9 Å². The van der Waals surface area contributed by atoms with E-state index in [1.165, 1.54) is 0 Å². The van der Waals surface area contributed by atoms with E-state index in [0.717, 1.165) is 12.0 Å². The van der Waals surface area contributed by atoms with Crippen molar-refractivity contribution in [3.63, 3.8) is 0 Å². The average Bonchev–Trinajstić information content (AvgIpc) is 2.25. The molecule has 1 amide bonds. The molecule has 1 N–H and O–H groups in total. The van der Waals surface area contributed by atoms with Gasteiger partial charge in [0.1, 0.15) is 0 Å². The van der Waals surface area contributed by atoms with Gasteiger partial charge in [0.25, 0.3) is 0 Å².